The van der Waals surface area contributed by atoms with E-state index in [0.29, 0.717) is 19.5 Å². The summed E-state index contributed by atoms with van der Waals surface area (Å²) in [6, 6.07) is 28.3. The van der Waals surface area contributed by atoms with Crippen LogP contribution in [0.2, 0.25) is 0 Å². The molecule has 0 aliphatic carbocycles. The Morgan fingerprint density at radius 1 is 0.818 bits per heavy atom. The number of benzene rings is 4. The number of halogens is 1. The van der Waals surface area contributed by atoms with Crippen molar-refractivity contribution in [1.29, 1.82) is 0 Å². The molecule has 5 rings (SSSR count). The summed E-state index contributed by atoms with van der Waals surface area (Å²) in [5.41, 5.74) is 3.45. The maximum absolute atomic E-state index is 14.2. The van der Waals surface area contributed by atoms with E-state index >= 15 is 0 Å². The first-order valence-corrected chi connectivity index (χ1v) is 11.0. The minimum atomic E-state index is -0.451. The highest BCUT2D eigenvalue weighted by atomic mass is 19.1. The normalized spacial score (nSPS) is 11.1. The van der Waals surface area contributed by atoms with Crippen molar-refractivity contribution in [3.05, 3.63) is 114 Å². The molecule has 2 N–H and O–H groups in total. The van der Waals surface area contributed by atoms with Gasteiger partial charge in [0.1, 0.15) is 5.82 Å². The lowest BCUT2D eigenvalue weighted by atomic mass is 10.0. The van der Waals surface area contributed by atoms with Crippen molar-refractivity contribution >= 4 is 33.4 Å². The number of para-hydroxylation sites is 2. The van der Waals surface area contributed by atoms with Gasteiger partial charge in [0.05, 0.1) is 5.69 Å². The Morgan fingerprint density at radius 3 is 2.42 bits per heavy atom. The summed E-state index contributed by atoms with van der Waals surface area (Å²) in [5, 5.41) is 6.13. The number of nitrogens with one attached hydrogen (secondary N) is 2. The van der Waals surface area contributed by atoms with E-state index in [-0.39, 0.29) is 11.7 Å². The fraction of sp³-hybridized carbons (Fsp3) is 0.107. The fourth-order valence-corrected chi connectivity index (χ4v) is 4.24. The van der Waals surface area contributed by atoms with E-state index in [1.54, 1.807) is 23.1 Å². The highest BCUT2D eigenvalue weighted by Gasteiger charge is 2.18. The quantitative estimate of drug-likeness (QED) is 0.304. The number of rotatable bonds is 6. The van der Waals surface area contributed by atoms with Crippen LogP contribution in [0.3, 0.4) is 0 Å². The first-order chi connectivity index (χ1) is 16.2. The van der Waals surface area contributed by atoms with Crippen molar-refractivity contribution in [2.75, 3.05) is 11.9 Å². The Morgan fingerprint density at radius 2 is 1.55 bits per heavy atom. The Hall–Kier alpha value is -4.12. The van der Waals surface area contributed by atoms with Crippen LogP contribution in [0, 0.1) is 5.82 Å². The third-order valence-electron chi connectivity index (χ3n) is 5.97. The van der Waals surface area contributed by atoms with Crippen LogP contribution in [0.5, 0.6) is 0 Å². The number of carbonyl (C=O) groups excluding carboxylic acids is 1. The van der Waals surface area contributed by atoms with E-state index in [1.807, 2.05) is 48.7 Å². The molecule has 0 saturated carbocycles. The van der Waals surface area contributed by atoms with Gasteiger partial charge in [-0.25, -0.2) is 9.18 Å². The average Bonchev–Trinajstić information content (AvgIpc) is 3.26. The summed E-state index contributed by atoms with van der Waals surface area (Å²) in [6.45, 7) is 0.912. The van der Waals surface area contributed by atoms with Crippen LogP contribution in [0.15, 0.2) is 97.2 Å². The minimum absolute atomic E-state index is 0.178. The van der Waals surface area contributed by atoms with Gasteiger partial charge in [-0.3, -0.25) is 0 Å². The van der Waals surface area contributed by atoms with Crippen LogP contribution in [-0.2, 0) is 13.0 Å². The van der Waals surface area contributed by atoms with Crippen LogP contribution >= 0.6 is 0 Å². The molecule has 4 nitrogen and oxygen atoms in total. The van der Waals surface area contributed by atoms with Gasteiger partial charge in [0.25, 0.3) is 0 Å². The van der Waals surface area contributed by atoms with Crippen LogP contribution in [0.1, 0.15) is 11.1 Å². The molecule has 164 valence electrons. The van der Waals surface area contributed by atoms with E-state index in [2.05, 4.69) is 34.6 Å². The number of H-pyrrole nitrogens is 1. The zero-order chi connectivity index (χ0) is 22.6. The van der Waals surface area contributed by atoms with Crippen molar-refractivity contribution in [3.63, 3.8) is 0 Å². The molecule has 5 aromatic rings. The second kappa shape index (κ2) is 9.17. The lowest BCUT2D eigenvalue weighted by Gasteiger charge is -2.24. The molecule has 0 aliphatic rings. The third-order valence-corrected chi connectivity index (χ3v) is 5.97. The molecule has 5 heteroatoms. The number of anilines is 1. The standard InChI is InChI=1S/C28H24FN3O/c29-25-13-4-6-15-27(25)31-28(33)32(17-16-21-18-30-26-14-5-3-12-24(21)26)19-22-10-7-9-20-8-1-2-11-23(20)22/h1-15,18,30H,16-17,19H2,(H,31,33). The highest BCUT2D eigenvalue weighted by Crippen LogP contribution is 2.23. The molecular weight excluding hydrogens is 413 g/mol. The summed E-state index contributed by atoms with van der Waals surface area (Å²) in [7, 11) is 0. The minimum Gasteiger partial charge on any atom is -0.361 e. The van der Waals surface area contributed by atoms with Crippen LogP contribution in [0.4, 0.5) is 14.9 Å². The first kappa shape index (κ1) is 20.8. The molecular formula is C28H24FN3O. The molecule has 0 spiro atoms. The lowest BCUT2D eigenvalue weighted by molar-refractivity contribution is 0.210. The van der Waals surface area contributed by atoms with Gasteiger partial charge < -0.3 is 15.2 Å². The second-order valence-corrected chi connectivity index (χ2v) is 8.08. The smallest absolute Gasteiger partial charge is 0.322 e. The molecule has 4 aromatic carbocycles. The molecule has 2 amide bonds. The van der Waals surface area contributed by atoms with E-state index in [1.165, 1.54) is 6.07 Å². The summed E-state index contributed by atoms with van der Waals surface area (Å²) < 4.78 is 14.2. The number of fused-ring (bicyclic) bond motifs is 2. The maximum Gasteiger partial charge on any atom is 0.322 e. The molecule has 1 heterocycles. The summed E-state index contributed by atoms with van der Waals surface area (Å²) in [6.07, 6.45) is 2.68. The molecule has 0 radical (unpaired) electrons. The number of carbonyl (C=O) groups is 1. The summed E-state index contributed by atoms with van der Waals surface area (Å²) in [5.74, 6) is -0.451. The predicted molar refractivity (Wildman–Crippen MR) is 132 cm³/mol. The second-order valence-electron chi connectivity index (χ2n) is 8.08. The number of aromatic nitrogens is 1. The molecule has 33 heavy (non-hydrogen) atoms. The van der Waals surface area contributed by atoms with Gasteiger partial charge in [0.15, 0.2) is 0 Å². The van der Waals surface area contributed by atoms with E-state index in [4.69, 9.17) is 0 Å². The number of aromatic amines is 1. The van der Waals surface area contributed by atoms with Gasteiger partial charge in [-0.05, 0) is 46.5 Å². The first-order valence-electron chi connectivity index (χ1n) is 11.0. The lowest BCUT2D eigenvalue weighted by Crippen LogP contribution is -2.36. The maximum atomic E-state index is 14.2. The molecule has 0 bridgehead atoms. The number of hydrogen-bond acceptors (Lipinski definition) is 1. The average molecular weight is 438 g/mol. The fourth-order valence-electron chi connectivity index (χ4n) is 4.24. The van der Waals surface area contributed by atoms with Gasteiger partial charge >= 0.3 is 6.03 Å². The van der Waals surface area contributed by atoms with Crippen molar-refractivity contribution in [1.82, 2.24) is 9.88 Å². The number of nitrogens with zero attached hydrogens (tertiary/aromatic N) is 1. The van der Waals surface area contributed by atoms with Crippen LogP contribution < -0.4 is 5.32 Å². The van der Waals surface area contributed by atoms with E-state index < -0.39 is 5.82 Å². The Bertz CT molecular complexity index is 1420. The molecule has 0 aliphatic heterocycles. The van der Waals surface area contributed by atoms with E-state index in [9.17, 15) is 9.18 Å². The van der Waals surface area contributed by atoms with Gasteiger partial charge in [0, 0.05) is 30.2 Å². The summed E-state index contributed by atoms with van der Waals surface area (Å²) in [4.78, 5) is 18.3. The topological polar surface area (TPSA) is 48.1 Å². The monoisotopic (exact) mass is 437 g/mol. The molecule has 0 atom stereocenters. The van der Waals surface area contributed by atoms with Gasteiger partial charge in [-0.15, -0.1) is 0 Å². The van der Waals surface area contributed by atoms with Crippen LogP contribution in [0.25, 0.3) is 21.7 Å². The summed E-state index contributed by atoms with van der Waals surface area (Å²) >= 11 is 0. The molecule has 0 unspecified atom stereocenters. The highest BCUT2D eigenvalue weighted by molar-refractivity contribution is 5.91. The number of urea groups is 1. The molecule has 0 fully saturated rings. The van der Waals surface area contributed by atoms with Gasteiger partial charge in [-0.2, -0.15) is 0 Å². The van der Waals surface area contributed by atoms with Crippen LogP contribution in [-0.4, -0.2) is 22.5 Å². The Kier molecular flexibility index (Phi) is 5.77. The Balaban J connectivity index is 1.43. The van der Waals surface area contributed by atoms with Gasteiger partial charge in [0.2, 0.25) is 0 Å². The zero-order valence-corrected chi connectivity index (χ0v) is 18.1. The Labute approximate surface area is 191 Å². The molecule has 1 aromatic heterocycles. The zero-order valence-electron chi connectivity index (χ0n) is 18.1. The van der Waals surface area contributed by atoms with Crippen molar-refractivity contribution in [3.8, 4) is 0 Å². The molecule has 0 saturated heterocycles. The van der Waals surface area contributed by atoms with Gasteiger partial charge in [-0.1, -0.05) is 72.8 Å². The predicted octanol–water partition coefficient (Wildman–Crippen LogP) is 6.74. The van der Waals surface area contributed by atoms with Crippen molar-refractivity contribution in [2.45, 2.75) is 13.0 Å². The van der Waals surface area contributed by atoms with Crippen molar-refractivity contribution in [2.24, 2.45) is 0 Å². The van der Waals surface area contributed by atoms with Crippen molar-refractivity contribution < 1.29 is 9.18 Å². The SMILES string of the molecule is O=C(Nc1ccccc1F)N(CCc1c[nH]c2ccccc12)Cc1cccc2ccccc12. The van der Waals surface area contributed by atoms with E-state index in [0.717, 1.165) is 32.8 Å². The third kappa shape index (κ3) is 4.44. The largest absolute Gasteiger partial charge is 0.361 e. The number of amides is 2. The number of hydrogen-bond donors (Lipinski definition) is 2.